The lowest BCUT2D eigenvalue weighted by Crippen LogP contribution is -2.61. The van der Waals surface area contributed by atoms with Gasteiger partial charge in [-0.2, -0.15) is 0 Å². The maximum atomic E-state index is 15.2. The van der Waals surface area contributed by atoms with Gasteiger partial charge >= 0.3 is 11.9 Å². The Labute approximate surface area is 528 Å². The summed E-state index contributed by atoms with van der Waals surface area (Å²) in [6.45, 7) is 18.6. The predicted molar refractivity (Wildman–Crippen MR) is 330 cm³/mol. The fourth-order valence-corrected chi connectivity index (χ4v) is 12.4. The Morgan fingerprint density at radius 1 is 0.648 bits per heavy atom. The lowest BCUT2D eigenvalue weighted by atomic mass is 9.96. The monoisotopic (exact) mass is 1270 g/mol. The Morgan fingerprint density at radius 2 is 1.10 bits per heavy atom. The number of rotatable bonds is 9. The van der Waals surface area contributed by atoms with Gasteiger partial charge in [0.15, 0.2) is 11.3 Å². The number of aromatic nitrogens is 1. The first-order valence-electron chi connectivity index (χ1n) is 31.1. The number of aryl methyl sites for hydroxylation is 1. The van der Waals surface area contributed by atoms with E-state index < -0.39 is 191 Å². The number of carbonyl (C=O) groups excluding carboxylic acids is 12. The van der Waals surface area contributed by atoms with Crippen molar-refractivity contribution >= 4 is 87.8 Å². The van der Waals surface area contributed by atoms with Crippen LogP contribution in [0.25, 0.3) is 22.6 Å². The molecule has 10 amide bonds. The summed E-state index contributed by atoms with van der Waals surface area (Å²) in [5, 5.41) is 10.8. The van der Waals surface area contributed by atoms with E-state index in [-0.39, 0.29) is 53.9 Å². The Morgan fingerprint density at radius 3 is 1.55 bits per heavy atom. The Kier molecular flexibility index (Phi) is 21.6. The van der Waals surface area contributed by atoms with Crippen molar-refractivity contribution in [2.45, 2.75) is 176 Å². The zero-order valence-corrected chi connectivity index (χ0v) is 54.8. The maximum Gasteiger partial charge on any atom is 0.329 e. The molecule has 11 atom stereocenters. The summed E-state index contributed by atoms with van der Waals surface area (Å²) in [4.78, 5) is 200. The van der Waals surface area contributed by atoms with Gasteiger partial charge in [-0.1, -0.05) is 67.9 Å². The highest BCUT2D eigenvalue weighted by Gasteiger charge is 2.47. The number of hydrogen-bond acceptors (Lipinski definition) is 18. The lowest BCUT2D eigenvalue weighted by Gasteiger charge is -2.36. The van der Waals surface area contributed by atoms with Crippen LogP contribution in [0.1, 0.15) is 133 Å². The summed E-state index contributed by atoms with van der Waals surface area (Å²) in [5.74, 6) is -12.3. The van der Waals surface area contributed by atoms with Gasteiger partial charge < -0.3 is 70.3 Å². The van der Waals surface area contributed by atoms with Crippen LogP contribution in [0.5, 0.6) is 0 Å². The fourth-order valence-electron chi connectivity index (χ4n) is 12.4. The summed E-state index contributed by atoms with van der Waals surface area (Å²) >= 11 is 0. The van der Waals surface area contributed by atoms with Crippen molar-refractivity contribution in [1.82, 2.24) is 55.7 Å². The van der Waals surface area contributed by atoms with Crippen LogP contribution in [-0.4, -0.2) is 220 Å². The van der Waals surface area contributed by atoms with Crippen LogP contribution in [-0.2, 0) is 57.4 Å². The quantitative estimate of drug-likeness (QED) is 0.114. The summed E-state index contributed by atoms with van der Waals surface area (Å²) in [7, 11) is 5.60. The molecule has 0 aromatic heterocycles. The molecule has 28 heteroatoms. The molecule has 1 aromatic rings. The third-order valence-electron chi connectivity index (χ3n) is 18.1. The van der Waals surface area contributed by atoms with Crippen LogP contribution < -0.4 is 32.4 Å². The van der Waals surface area contributed by atoms with E-state index in [1.54, 1.807) is 62.3 Å². The average Bonchev–Trinajstić information content (AvgIpc) is 1.28. The van der Waals surface area contributed by atoms with E-state index in [1.165, 1.54) is 80.7 Å². The lowest BCUT2D eigenvalue weighted by molar-refractivity contribution is -0.163. The van der Waals surface area contributed by atoms with Gasteiger partial charge in [-0.05, 0) is 88.7 Å². The number of cyclic esters (lactones) is 2. The summed E-state index contributed by atoms with van der Waals surface area (Å²) in [6.07, 6.45) is -1.30. The molecule has 0 spiro atoms. The van der Waals surface area contributed by atoms with Crippen molar-refractivity contribution in [2.75, 3.05) is 60.1 Å². The number of benzene rings is 2. The van der Waals surface area contributed by atoms with Crippen LogP contribution in [0.3, 0.4) is 0 Å². The second kappa shape index (κ2) is 28.2. The van der Waals surface area contributed by atoms with Crippen LogP contribution in [0.15, 0.2) is 21.3 Å². The minimum atomic E-state index is -1.88. The molecule has 1 aromatic carbocycles. The minimum Gasteiger partial charge on any atom is -0.458 e. The zero-order chi connectivity index (χ0) is 67.7. The third kappa shape index (κ3) is 14.1. The SMILES string of the molecule is CC[C@H](C)C1NC(=O)[C@@H](NC(=O)c2c3nc4c(C(=O)N[C@@H]5C(=O)N[C@@H](C(C)C)C(=O)N6CCCC6C(=O)N(C)CC(=O)N(C)[C@@H](C(C)C)C(=O)O[C@@H]5C)ccc(C)c4oc-3c(C)c(=O)c2N)[C@@H](C)OC(=O)[C@H](C(C)C)N(C)C(=O)CN(C)C(=O)C2CCCN2C1=O. The van der Waals surface area contributed by atoms with Crippen molar-refractivity contribution in [2.24, 2.45) is 23.7 Å². The molecular weight excluding hydrogens is 1180 g/mol. The molecule has 28 nitrogen and oxygen atoms in total. The van der Waals surface area contributed by atoms with Gasteiger partial charge in [0.1, 0.15) is 71.8 Å². The van der Waals surface area contributed by atoms with Gasteiger partial charge in [-0.15, -0.1) is 0 Å². The molecule has 4 fully saturated rings. The van der Waals surface area contributed by atoms with Crippen molar-refractivity contribution in [3.05, 3.63) is 44.6 Å². The van der Waals surface area contributed by atoms with E-state index in [0.717, 1.165) is 9.80 Å². The largest absolute Gasteiger partial charge is 0.458 e. The number of ether oxygens (including phenoxy) is 2. The molecule has 0 bridgehead atoms. The van der Waals surface area contributed by atoms with E-state index in [1.807, 2.05) is 0 Å². The number of fused-ring (bicyclic) bond motifs is 4. The summed E-state index contributed by atoms with van der Waals surface area (Å²) in [5.41, 5.74) is 3.60. The van der Waals surface area contributed by atoms with Crippen molar-refractivity contribution < 1.29 is 71.4 Å². The Hall–Kier alpha value is -8.72. The van der Waals surface area contributed by atoms with E-state index in [0.29, 0.717) is 24.8 Å². The topological polar surface area (TPSA) is 360 Å². The first-order chi connectivity index (χ1) is 42.6. The molecule has 0 radical (unpaired) electrons. The predicted octanol–water partition coefficient (Wildman–Crippen LogP) is 1.12. The number of carbonyl (C=O) groups is 12. The molecule has 5 aliphatic heterocycles. The highest BCUT2D eigenvalue weighted by Crippen LogP contribution is 2.35. The molecule has 6 N–H and O–H groups in total. The van der Waals surface area contributed by atoms with E-state index in [2.05, 4.69) is 21.3 Å². The maximum absolute atomic E-state index is 15.2. The van der Waals surface area contributed by atoms with Gasteiger partial charge in [-0.3, -0.25) is 52.7 Å². The summed E-state index contributed by atoms with van der Waals surface area (Å²) < 4.78 is 18.3. The first-order valence-corrected chi connectivity index (χ1v) is 31.1. The number of anilines is 1. The van der Waals surface area contributed by atoms with E-state index >= 15 is 14.4 Å². The fraction of sp³-hybridized carbons (Fsp3) is 0.619. The van der Waals surface area contributed by atoms with Crippen LogP contribution in [0.2, 0.25) is 0 Å². The minimum absolute atomic E-state index is 0.0750. The standard InChI is InChI=1S/C63H88N12O16/c1-17-31(8)44-61(86)75-25-19-21-38(75)59(84)71(14)27-40(77)73(16)50(30(6)7)63(88)90-35(12)46(57(82)67-44)69-55(80)41-42(64)51(78)33(10)53-48(41)65-47-36(23-22-32(9)52(47)91-53)54(79)68-45-34(11)89-62(87)49(29(4)5)72(15)39(76)26-70(13)58(83)37-20-18-24-74(37)60(85)43(28(2)3)66-56(45)81/h22-23,28-31,34-35,37-38,43-46,49-50H,17-21,24-27,64H2,1-16H3,(H,66,81)(H,67,82)(H,68,79)(H,69,80)/t31-,34+,35+,37?,38?,43-,44?,45-,46-,49-,50-/m0/s1. The number of esters is 2. The van der Waals surface area contributed by atoms with Gasteiger partial charge in [0.25, 0.3) is 11.8 Å². The number of nitrogen functional groups attached to an aromatic ring is 1. The molecule has 7 rings (SSSR count). The molecule has 3 unspecified atom stereocenters. The number of nitrogens with zero attached hydrogens (tertiary/aromatic N) is 7. The zero-order valence-electron chi connectivity index (χ0n) is 54.8. The van der Waals surface area contributed by atoms with E-state index in [4.69, 9.17) is 24.6 Å². The molecule has 496 valence electrons. The molecular formula is C63H88N12O16. The highest BCUT2D eigenvalue weighted by molar-refractivity contribution is 6.10. The number of nitrogens with two attached hydrogens (primary N) is 1. The molecule has 1 aliphatic carbocycles. The van der Waals surface area contributed by atoms with Gasteiger partial charge in [0, 0.05) is 46.8 Å². The normalized spacial score (nSPS) is 26.4. The van der Waals surface area contributed by atoms with Gasteiger partial charge in [-0.25, -0.2) is 14.6 Å². The smallest absolute Gasteiger partial charge is 0.329 e. The van der Waals surface area contributed by atoms with Gasteiger partial charge in [0.2, 0.25) is 52.7 Å². The van der Waals surface area contributed by atoms with Crippen molar-refractivity contribution in [1.29, 1.82) is 0 Å². The molecule has 5 heterocycles. The first kappa shape index (κ1) is 69.7. The van der Waals surface area contributed by atoms with Gasteiger partial charge in [0.05, 0.1) is 29.9 Å². The molecule has 91 heavy (non-hydrogen) atoms. The van der Waals surface area contributed by atoms with Crippen LogP contribution in [0, 0.1) is 37.5 Å². The van der Waals surface area contributed by atoms with E-state index in [9.17, 15) is 47.9 Å². The molecule has 0 saturated carbocycles. The second-order valence-corrected chi connectivity index (χ2v) is 25.7. The number of hydrogen-bond donors (Lipinski definition) is 5. The molecule has 4 saturated heterocycles. The third-order valence-corrected chi connectivity index (χ3v) is 18.1. The van der Waals surface area contributed by atoms with Crippen molar-refractivity contribution in [3.8, 4) is 11.5 Å². The number of likely N-dealkylation sites (N-methyl/N-ethyl adjacent to an activating group) is 4. The highest BCUT2D eigenvalue weighted by atomic mass is 16.6. The second-order valence-electron chi connectivity index (χ2n) is 25.7. The summed E-state index contributed by atoms with van der Waals surface area (Å²) in [6, 6.07) is -7.88. The number of amides is 10. The Bertz CT molecular complexity index is 3440. The number of nitrogens with one attached hydrogen (secondary N) is 4. The average molecular weight is 1270 g/mol. The molecule has 6 aliphatic rings. The van der Waals surface area contributed by atoms with Crippen LogP contribution >= 0.6 is 0 Å². The van der Waals surface area contributed by atoms with Crippen molar-refractivity contribution in [3.63, 3.8) is 0 Å². The van der Waals surface area contributed by atoms with Crippen LogP contribution in [0.4, 0.5) is 5.69 Å². The Balaban J connectivity index is 1.33.